The van der Waals surface area contributed by atoms with Crippen molar-refractivity contribution in [2.24, 2.45) is 0 Å². The number of rotatable bonds is 14. The Labute approximate surface area is 331 Å². The summed E-state index contributed by atoms with van der Waals surface area (Å²) in [4.78, 5) is 30.5. The number of aromatic nitrogens is 2. The van der Waals surface area contributed by atoms with Crippen molar-refractivity contribution in [3.63, 3.8) is 0 Å². The number of aromatic amines is 2. The zero-order valence-electron chi connectivity index (χ0n) is 32.5. The molecule has 4 aromatic carbocycles. The fourth-order valence-electron chi connectivity index (χ4n) is 8.83. The van der Waals surface area contributed by atoms with Crippen molar-refractivity contribution < 1.29 is 22.7 Å². The van der Waals surface area contributed by atoms with E-state index in [1.807, 2.05) is 48.5 Å². The lowest BCUT2D eigenvalue weighted by atomic mass is 9.81. The molecule has 0 amide bonds. The predicted molar refractivity (Wildman–Crippen MR) is 220 cm³/mol. The number of H-pyrrole nitrogens is 2. The van der Waals surface area contributed by atoms with Gasteiger partial charge in [-0.15, -0.1) is 0 Å². The van der Waals surface area contributed by atoms with Gasteiger partial charge in [-0.1, -0.05) is 36.4 Å². The van der Waals surface area contributed by atoms with Crippen molar-refractivity contribution >= 4 is 22.2 Å². The van der Waals surface area contributed by atoms with Crippen LogP contribution in [-0.4, -0.2) is 58.3 Å². The van der Waals surface area contributed by atoms with Crippen molar-refractivity contribution in [1.82, 2.24) is 20.2 Å². The smallest absolute Gasteiger partial charge is 0.408 e. The highest BCUT2D eigenvalue weighted by atomic mass is 19.1. The Hall–Kier alpha value is -4.84. The first-order valence-electron chi connectivity index (χ1n) is 20.6. The third-order valence-electron chi connectivity index (χ3n) is 12.0. The van der Waals surface area contributed by atoms with E-state index in [0.717, 1.165) is 107 Å². The van der Waals surface area contributed by atoms with Crippen molar-refractivity contribution in [2.75, 3.05) is 26.2 Å². The lowest BCUT2D eigenvalue weighted by molar-refractivity contribution is 0.118. The van der Waals surface area contributed by atoms with Crippen LogP contribution in [0.2, 0.25) is 0 Å². The molecule has 0 atom stereocenters. The van der Waals surface area contributed by atoms with E-state index in [9.17, 15) is 23.5 Å². The molecule has 0 unspecified atom stereocenters. The number of fused-ring (bicyclic) bond motifs is 2. The molecule has 0 spiro atoms. The second-order valence-corrected chi connectivity index (χ2v) is 15.8. The summed E-state index contributed by atoms with van der Waals surface area (Å²) in [6, 6.07) is 26.6. The number of aryl methyl sites for hydroxylation is 2. The number of aliphatic hydroxyl groups is 1. The van der Waals surface area contributed by atoms with Crippen LogP contribution in [0.1, 0.15) is 98.3 Å². The Balaban J connectivity index is 0.000000175. The molecule has 0 bridgehead atoms. The molecule has 0 radical (unpaired) electrons. The highest BCUT2D eigenvalue weighted by Crippen LogP contribution is 2.36. The van der Waals surface area contributed by atoms with E-state index in [1.54, 1.807) is 0 Å². The van der Waals surface area contributed by atoms with Gasteiger partial charge in [-0.25, -0.2) is 18.4 Å². The second-order valence-electron chi connectivity index (χ2n) is 15.8. The number of aliphatic hydroxyl groups excluding tert-OH is 1. The lowest BCUT2D eigenvalue weighted by Gasteiger charge is -2.37. The number of nitrogens with one attached hydrogen (secondary N) is 3. The van der Waals surface area contributed by atoms with Gasteiger partial charge >= 0.3 is 11.5 Å². The molecule has 302 valence electrons. The van der Waals surface area contributed by atoms with Gasteiger partial charge in [0.2, 0.25) is 0 Å². The lowest BCUT2D eigenvalue weighted by Crippen LogP contribution is -2.40. The van der Waals surface area contributed by atoms with Gasteiger partial charge in [-0.05, 0) is 173 Å². The number of benzene rings is 4. The van der Waals surface area contributed by atoms with Gasteiger partial charge in [0.25, 0.3) is 0 Å². The van der Waals surface area contributed by atoms with Crippen LogP contribution < -0.4 is 16.8 Å². The molecule has 2 aliphatic carbocycles. The fraction of sp³-hybridized carbons (Fsp3) is 0.435. The average Bonchev–Trinajstić information content (AvgIpc) is 3.80. The summed E-state index contributed by atoms with van der Waals surface area (Å²) in [6.07, 6.45) is 12.9. The Morgan fingerprint density at radius 1 is 0.632 bits per heavy atom. The fourth-order valence-corrected chi connectivity index (χ4v) is 8.83. The average molecular weight is 781 g/mol. The van der Waals surface area contributed by atoms with Crippen LogP contribution >= 0.6 is 0 Å². The van der Waals surface area contributed by atoms with Crippen molar-refractivity contribution in [1.29, 1.82) is 0 Å². The van der Waals surface area contributed by atoms with Gasteiger partial charge in [0, 0.05) is 18.6 Å². The minimum atomic E-state index is -0.411. The van der Waals surface area contributed by atoms with Gasteiger partial charge in [-0.3, -0.25) is 14.9 Å². The Kier molecular flexibility index (Phi) is 13.8. The minimum absolute atomic E-state index is 0.166. The number of halogens is 2. The topological polar surface area (TPSA) is 127 Å². The van der Waals surface area contributed by atoms with Gasteiger partial charge in [0.15, 0.2) is 11.2 Å². The van der Waals surface area contributed by atoms with Gasteiger partial charge in [0.05, 0.1) is 17.6 Å². The quantitative estimate of drug-likeness (QED) is 0.0815. The van der Waals surface area contributed by atoms with E-state index in [-0.39, 0.29) is 18.2 Å². The zero-order valence-corrected chi connectivity index (χ0v) is 32.5. The van der Waals surface area contributed by atoms with E-state index < -0.39 is 11.5 Å². The van der Waals surface area contributed by atoms with Crippen LogP contribution in [0.3, 0.4) is 0 Å². The van der Waals surface area contributed by atoms with Crippen LogP contribution in [0.15, 0.2) is 103 Å². The first-order valence-corrected chi connectivity index (χ1v) is 20.6. The zero-order chi connectivity index (χ0) is 39.6. The number of oxazole rings is 2. The van der Waals surface area contributed by atoms with Crippen molar-refractivity contribution in [3.8, 4) is 0 Å². The minimum Gasteiger partial charge on any atom is -0.408 e. The molecule has 57 heavy (non-hydrogen) atoms. The molecule has 6 aromatic rings. The van der Waals surface area contributed by atoms with Crippen LogP contribution in [0.5, 0.6) is 0 Å². The van der Waals surface area contributed by atoms with E-state index >= 15 is 0 Å². The van der Waals surface area contributed by atoms with Gasteiger partial charge in [-0.2, -0.15) is 0 Å². The molecule has 8 rings (SSSR count). The maximum Gasteiger partial charge on any atom is 0.417 e. The Morgan fingerprint density at radius 2 is 1.12 bits per heavy atom. The molecule has 4 N–H and O–H groups in total. The summed E-state index contributed by atoms with van der Waals surface area (Å²) in [5.74, 6) is -0.170. The van der Waals surface area contributed by atoms with E-state index in [4.69, 9.17) is 8.83 Å². The number of hydrogen-bond donors (Lipinski definition) is 4. The largest absolute Gasteiger partial charge is 0.417 e. The van der Waals surface area contributed by atoms with Crippen molar-refractivity contribution in [3.05, 3.63) is 140 Å². The molecule has 9 nitrogen and oxygen atoms in total. The standard InChI is InChI=1S/C24H29FN2O3.C22H25FN2O2/c25-20-8-3-17(4-9-20)2-1-13-27(14-15-28)21-10-5-18(6-11-21)19-7-12-22-23(16-19)30-24(29)26-22;23-18-8-3-15(4-9-18)2-1-13-24-19-10-5-16(6-11-19)17-7-12-20-21(14-17)27-22(26)25-20/h3-4,7-9,12,16,18,21,28H,1-2,5-6,10-11,13-15H2,(H,26,29);3-4,7-9,12,14,16,19,24H,1-2,5-6,10-11,13H2,(H,25,26). The van der Waals surface area contributed by atoms with Crippen LogP contribution in [0.4, 0.5) is 8.78 Å². The Bertz CT molecular complexity index is 2260. The number of hydrogen-bond acceptors (Lipinski definition) is 7. The predicted octanol–water partition coefficient (Wildman–Crippen LogP) is 8.72. The summed E-state index contributed by atoms with van der Waals surface area (Å²) < 4.78 is 36.4. The number of nitrogens with zero attached hydrogens (tertiary/aromatic N) is 1. The molecular formula is C46H54F2N4O5. The summed E-state index contributed by atoms with van der Waals surface area (Å²) in [7, 11) is 0. The molecule has 2 heterocycles. The molecule has 2 aliphatic rings. The SMILES string of the molecule is O=c1[nH]c2ccc(C3CCC(N(CCO)CCCc4ccc(F)cc4)CC3)cc2o1.O=c1[nH]c2ccc(C3CCC(NCCCc4ccc(F)cc4)CC3)cc2o1. The van der Waals surface area contributed by atoms with E-state index in [2.05, 4.69) is 32.3 Å². The van der Waals surface area contributed by atoms with Gasteiger partial charge in [0.1, 0.15) is 11.6 Å². The first-order chi connectivity index (χ1) is 27.8. The molecule has 2 aromatic heterocycles. The molecule has 0 aliphatic heterocycles. The first kappa shape index (κ1) is 40.4. The maximum absolute atomic E-state index is 13.1. The molecule has 11 heteroatoms. The van der Waals surface area contributed by atoms with Crippen LogP contribution in [-0.2, 0) is 12.8 Å². The monoisotopic (exact) mass is 780 g/mol. The normalized spacial score (nSPS) is 19.9. The second kappa shape index (κ2) is 19.5. The third-order valence-corrected chi connectivity index (χ3v) is 12.0. The summed E-state index contributed by atoms with van der Waals surface area (Å²) in [5, 5.41) is 13.2. The summed E-state index contributed by atoms with van der Waals surface area (Å²) in [5.41, 5.74) is 7.62. The highest BCUT2D eigenvalue weighted by Gasteiger charge is 2.27. The van der Waals surface area contributed by atoms with Crippen molar-refractivity contribution in [2.45, 2.75) is 101 Å². The van der Waals surface area contributed by atoms with E-state index in [1.165, 1.54) is 41.0 Å². The molecule has 2 saturated carbocycles. The molecular weight excluding hydrogens is 727 g/mol. The van der Waals surface area contributed by atoms with Gasteiger partial charge < -0.3 is 19.3 Å². The maximum atomic E-state index is 13.1. The summed E-state index contributed by atoms with van der Waals surface area (Å²) in [6.45, 7) is 2.79. The van der Waals surface area contributed by atoms with Crippen LogP contribution in [0, 0.1) is 11.6 Å². The van der Waals surface area contributed by atoms with E-state index in [0.29, 0.717) is 41.6 Å². The molecule has 0 saturated heterocycles. The third kappa shape index (κ3) is 11.2. The highest BCUT2D eigenvalue weighted by molar-refractivity contribution is 5.73. The molecule has 2 fully saturated rings. The summed E-state index contributed by atoms with van der Waals surface area (Å²) >= 11 is 0. The Morgan fingerprint density at radius 3 is 1.63 bits per heavy atom. The van der Waals surface area contributed by atoms with Crippen LogP contribution in [0.25, 0.3) is 22.2 Å².